The second-order valence-electron chi connectivity index (χ2n) is 6.80. The van der Waals surface area contributed by atoms with E-state index in [9.17, 15) is 29.5 Å². The summed E-state index contributed by atoms with van der Waals surface area (Å²) in [6, 6.07) is -1.74. The van der Waals surface area contributed by atoms with Crippen LogP contribution in [-0.2, 0) is 19.1 Å². The number of carboxylic acids is 1. The van der Waals surface area contributed by atoms with E-state index in [0.29, 0.717) is 4.91 Å². The molecule has 0 saturated carbocycles. The minimum atomic E-state index is -1.33. The SMILES string of the molecule is NC(=O)OC[C@H](N)/C=C\SC1=C(C(=O)O)N2C(=O)C(NC(=O)/C(=N\O)c3nc(N)sc3Cl)[C@H]2SC1. The smallest absolute Gasteiger partial charge is 0.404 e. The van der Waals surface area contributed by atoms with Gasteiger partial charge in [-0.2, -0.15) is 0 Å². The highest BCUT2D eigenvalue weighted by Crippen LogP contribution is 2.43. The summed E-state index contributed by atoms with van der Waals surface area (Å²) in [5.41, 5.74) is 15.2. The number of oxime groups is 1. The molecule has 0 aromatic carbocycles. The van der Waals surface area contributed by atoms with Gasteiger partial charge in [0.05, 0.1) is 6.04 Å². The summed E-state index contributed by atoms with van der Waals surface area (Å²) in [7, 11) is 0. The van der Waals surface area contributed by atoms with E-state index in [1.54, 1.807) is 0 Å². The van der Waals surface area contributed by atoms with Gasteiger partial charge in [-0.15, -0.1) is 11.8 Å². The summed E-state index contributed by atoms with van der Waals surface area (Å²) < 4.78 is 4.60. The number of anilines is 1. The number of aliphatic carboxylic acids is 1. The highest BCUT2D eigenvalue weighted by atomic mass is 35.5. The second-order valence-corrected chi connectivity index (χ2v) is 10.5. The van der Waals surface area contributed by atoms with Crippen LogP contribution in [0.15, 0.2) is 27.2 Å². The molecule has 0 radical (unpaired) electrons. The molecular weight excluding hydrogens is 546 g/mol. The lowest BCUT2D eigenvalue weighted by atomic mass is 10.0. The first-order valence-electron chi connectivity index (χ1n) is 9.42. The quantitative estimate of drug-likeness (QED) is 0.100. The fourth-order valence-electron chi connectivity index (χ4n) is 3.01. The van der Waals surface area contributed by atoms with Gasteiger partial charge in [0, 0.05) is 10.7 Å². The molecule has 2 aliphatic rings. The van der Waals surface area contributed by atoms with Crippen molar-refractivity contribution in [2.24, 2.45) is 16.6 Å². The Labute approximate surface area is 214 Å². The fraction of sp³-hybridized carbons (Fsp3) is 0.294. The topological polar surface area (TPSA) is 237 Å². The molecule has 0 bridgehead atoms. The van der Waals surface area contributed by atoms with Gasteiger partial charge >= 0.3 is 12.1 Å². The number of ether oxygens (including phenoxy) is 1. The predicted molar refractivity (Wildman–Crippen MR) is 130 cm³/mol. The van der Waals surface area contributed by atoms with Crippen molar-refractivity contribution in [3.8, 4) is 0 Å². The largest absolute Gasteiger partial charge is 0.477 e. The van der Waals surface area contributed by atoms with Gasteiger partial charge in [0.15, 0.2) is 10.8 Å². The molecule has 1 unspecified atom stereocenters. The maximum Gasteiger partial charge on any atom is 0.404 e. The number of fused-ring (bicyclic) bond motifs is 1. The maximum absolute atomic E-state index is 12.8. The Morgan fingerprint density at radius 1 is 1.46 bits per heavy atom. The van der Waals surface area contributed by atoms with Gasteiger partial charge in [-0.25, -0.2) is 14.6 Å². The van der Waals surface area contributed by atoms with Crippen molar-refractivity contribution in [2.45, 2.75) is 17.5 Å². The number of carbonyl (C=O) groups excluding carboxylic acids is 3. The number of rotatable bonds is 9. The molecule has 1 aromatic rings. The molecule has 2 aliphatic heterocycles. The number of primary amides is 1. The molecule has 18 heteroatoms. The van der Waals surface area contributed by atoms with Crippen LogP contribution in [0.3, 0.4) is 0 Å². The zero-order valence-corrected chi connectivity index (χ0v) is 20.6. The van der Waals surface area contributed by atoms with Gasteiger partial charge in [-0.3, -0.25) is 14.5 Å². The van der Waals surface area contributed by atoms with Crippen molar-refractivity contribution in [3.05, 3.63) is 32.1 Å². The third-order valence-corrected chi connectivity index (χ3v) is 7.98. The third-order valence-electron chi connectivity index (χ3n) is 4.52. The Balaban J connectivity index is 1.70. The van der Waals surface area contributed by atoms with Crippen molar-refractivity contribution < 1.29 is 34.2 Å². The number of β-lactam (4-membered cyclic amide) rings is 1. The maximum atomic E-state index is 12.8. The lowest BCUT2D eigenvalue weighted by Crippen LogP contribution is -2.71. The Bertz CT molecular complexity index is 1160. The molecule has 3 heterocycles. The Kier molecular flexibility index (Phi) is 8.49. The number of nitrogens with two attached hydrogens (primary N) is 3. The number of aromatic nitrogens is 1. The molecule has 1 aromatic heterocycles. The van der Waals surface area contributed by atoms with Crippen molar-refractivity contribution in [1.29, 1.82) is 0 Å². The van der Waals surface area contributed by atoms with E-state index in [2.05, 4.69) is 20.2 Å². The summed E-state index contributed by atoms with van der Waals surface area (Å²) in [4.78, 5) is 53.2. The predicted octanol–water partition coefficient (Wildman–Crippen LogP) is -0.0774. The minimum Gasteiger partial charge on any atom is -0.477 e. The van der Waals surface area contributed by atoms with E-state index in [0.717, 1.165) is 28.0 Å². The van der Waals surface area contributed by atoms with Crippen molar-refractivity contribution in [2.75, 3.05) is 18.1 Å². The van der Waals surface area contributed by atoms with Gasteiger partial charge in [0.25, 0.3) is 11.8 Å². The van der Waals surface area contributed by atoms with Gasteiger partial charge in [-0.05, 0) is 5.41 Å². The molecular formula is C17H18ClN7O7S3. The number of carbonyl (C=O) groups is 4. The summed E-state index contributed by atoms with van der Waals surface area (Å²) in [6.07, 6.45) is 0.519. The molecule has 3 atom stereocenters. The van der Waals surface area contributed by atoms with E-state index >= 15 is 0 Å². The molecule has 188 valence electrons. The molecule has 0 spiro atoms. The number of nitrogens with one attached hydrogen (secondary N) is 1. The highest BCUT2D eigenvalue weighted by Gasteiger charge is 2.54. The average molecular weight is 564 g/mol. The molecule has 35 heavy (non-hydrogen) atoms. The molecule has 1 saturated heterocycles. The first-order chi connectivity index (χ1) is 16.5. The van der Waals surface area contributed by atoms with E-state index < -0.39 is 47.0 Å². The van der Waals surface area contributed by atoms with E-state index in [1.807, 2.05) is 0 Å². The normalized spacial score (nSPS) is 20.9. The molecule has 14 nitrogen and oxygen atoms in total. The number of hydrogen-bond acceptors (Lipinski definition) is 13. The first kappa shape index (κ1) is 26.6. The van der Waals surface area contributed by atoms with E-state index in [4.69, 9.17) is 28.8 Å². The summed E-state index contributed by atoms with van der Waals surface area (Å²) in [6.45, 7) is -0.155. The van der Waals surface area contributed by atoms with E-state index in [-0.39, 0.29) is 33.2 Å². The lowest BCUT2D eigenvalue weighted by Gasteiger charge is -2.49. The van der Waals surface area contributed by atoms with Crippen molar-refractivity contribution in [1.82, 2.24) is 15.2 Å². The molecule has 1 fully saturated rings. The number of nitrogen functional groups attached to an aromatic ring is 1. The number of hydrogen-bond donors (Lipinski definition) is 6. The summed E-state index contributed by atoms with van der Waals surface area (Å²) in [5, 5.41) is 25.2. The number of thiazole rings is 1. The standard InChI is InChI=1S/C17H18ClN7O7S3/c18-11-7(23-16(20)35-11)8(24-31)12(26)22-9-13(27)25-10(15(28)29)6(4-34-14(9)25)33-2-1-5(19)3-32-17(21)30/h1-2,5,9,14,31H,3-4,19H2,(H2,20,23)(H2,21,30)(H,22,26)(H,28,29)/b2-1-,24-8-/t5-,9?,14-/m1/s1. The van der Waals surface area contributed by atoms with Crippen molar-refractivity contribution >= 4 is 81.2 Å². The van der Waals surface area contributed by atoms with Crippen LogP contribution in [0, 0.1) is 0 Å². The second kappa shape index (κ2) is 11.2. The fourth-order valence-corrected chi connectivity index (χ4v) is 6.35. The van der Waals surface area contributed by atoms with Crippen molar-refractivity contribution in [3.63, 3.8) is 0 Å². The lowest BCUT2D eigenvalue weighted by molar-refractivity contribution is -0.150. The molecule has 3 rings (SSSR count). The number of thioether (sulfide) groups is 2. The molecule has 3 amide bonds. The average Bonchev–Trinajstić information content (AvgIpc) is 3.13. The van der Waals surface area contributed by atoms with Crippen LogP contribution in [0.1, 0.15) is 5.69 Å². The Morgan fingerprint density at radius 2 is 2.17 bits per heavy atom. The van der Waals surface area contributed by atoms with Crippen LogP contribution < -0.4 is 22.5 Å². The van der Waals surface area contributed by atoms with E-state index in [1.165, 1.54) is 23.2 Å². The Morgan fingerprint density at radius 3 is 2.74 bits per heavy atom. The van der Waals surface area contributed by atoms with Gasteiger partial charge in [-0.1, -0.05) is 45.9 Å². The Hall–Kier alpha value is -2.99. The molecule has 0 aliphatic carbocycles. The monoisotopic (exact) mass is 563 g/mol. The van der Waals surface area contributed by atoms with Crippen LogP contribution >= 0.6 is 46.5 Å². The number of halogens is 1. The zero-order chi connectivity index (χ0) is 25.9. The number of carboxylic acid groups (broad SMARTS) is 1. The number of nitrogens with zero attached hydrogens (tertiary/aromatic N) is 3. The highest BCUT2D eigenvalue weighted by molar-refractivity contribution is 8.08. The van der Waals surface area contributed by atoms with Crippen LogP contribution in [0.2, 0.25) is 4.34 Å². The van der Waals surface area contributed by atoms with Crippen LogP contribution in [0.4, 0.5) is 9.93 Å². The van der Waals surface area contributed by atoms with Crippen LogP contribution in [-0.4, -0.2) is 79.6 Å². The first-order valence-corrected chi connectivity index (χ1v) is 12.5. The zero-order valence-electron chi connectivity index (χ0n) is 17.4. The third kappa shape index (κ3) is 5.81. The summed E-state index contributed by atoms with van der Waals surface area (Å²) >= 11 is 9.10. The van der Waals surface area contributed by atoms with Gasteiger partial charge in [0.2, 0.25) is 0 Å². The minimum absolute atomic E-state index is 0.0192. The number of amides is 3. The van der Waals surface area contributed by atoms with Crippen LogP contribution in [0.25, 0.3) is 0 Å². The van der Waals surface area contributed by atoms with Crippen LogP contribution in [0.5, 0.6) is 0 Å². The van der Waals surface area contributed by atoms with Gasteiger partial charge < -0.3 is 37.6 Å². The summed E-state index contributed by atoms with van der Waals surface area (Å²) in [5.74, 6) is -2.70. The van der Waals surface area contributed by atoms with Gasteiger partial charge in [0.1, 0.15) is 33.7 Å². The molecule has 9 N–H and O–H groups in total.